The maximum atomic E-state index is 6.07. The van der Waals surface area contributed by atoms with Crippen LogP contribution < -0.4 is 0 Å². The van der Waals surface area contributed by atoms with Gasteiger partial charge in [0.1, 0.15) is 11.2 Å². The summed E-state index contributed by atoms with van der Waals surface area (Å²) in [6.45, 7) is 2.15. The second-order valence-electron chi connectivity index (χ2n) is 5.18. The van der Waals surface area contributed by atoms with E-state index in [1.54, 1.807) is 0 Å². The molecule has 2 heteroatoms. The van der Waals surface area contributed by atoms with Crippen molar-refractivity contribution in [1.82, 2.24) is 4.98 Å². The summed E-state index contributed by atoms with van der Waals surface area (Å²) in [5.41, 5.74) is 5.15. The summed E-state index contributed by atoms with van der Waals surface area (Å²) in [7, 11) is 0. The lowest BCUT2D eigenvalue weighted by molar-refractivity contribution is 0.670. The molecule has 0 fully saturated rings. The molecular formula is C19H15NO. The summed E-state index contributed by atoms with van der Waals surface area (Å²) in [6, 6.07) is 18.6. The number of hydrogen-bond donors (Lipinski definition) is 0. The van der Waals surface area contributed by atoms with Gasteiger partial charge in [-0.05, 0) is 36.2 Å². The lowest BCUT2D eigenvalue weighted by atomic mass is 10.0. The Hall–Kier alpha value is -2.61. The molecule has 0 amide bonds. The van der Waals surface area contributed by atoms with Crippen LogP contribution in [0.2, 0.25) is 0 Å². The van der Waals surface area contributed by atoms with Crippen LogP contribution in [0.4, 0.5) is 0 Å². The first-order chi connectivity index (χ1) is 10.4. The number of pyridine rings is 1. The third kappa shape index (κ3) is 1.91. The third-order valence-electron chi connectivity index (χ3n) is 3.91. The number of para-hydroxylation sites is 2. The predicted molar refractivity (Wildman–Crippen MR) is 86.3 cm³/mol. The molecule has 0 saturated carbocycles. The van der Waals surface area contributed by atoms with Gasteiger partial charge < -0.3 is 4.42 Å². The van der Waals surface area contributed by atoms with E-state index in [1.807, 2.05) is 24.4 Å². The van der Waals surface area contributed by atoms with Crippen LogP contribution in [0, 0.1) is 0 Å². The summed E-state index contributed by atoms with van der Waals surface area (Å²) in [5, 5.41) is 2.30. The summed E-state index contributed by atoms with van der Waals surface area (Å²) < 4.78 is 6.07. The first-order valence-electron chi connectivity index (χ1n) is 7.22. The van der Waals surface area contributed by atoms with Gasteiger partial charge in [-0.1, -0.05) is 37.3 Å². The van der Waals surface area contributed by atoms with E-state index in [0.29, 0.717) is 0 Å². The number of nitrogens with zero attached hydrogens (tertiary/aromatic N) is 1. The number of aromatic nitrogens is 1. The number of fused-ring (bicyclic) bond motifs is 3. The van der Waals surface area contributed by atoms with Crippen LogP contribution in [0.25, 0.3) is 33.2 Å². The fourth-order valence-electron chi connectivity index (χ4n) is 2.79. The van der Waals surface area contributed by atoms with E-state index in [4.69, 9.17) is 4.42 Å². The number of hydrogen-bond acceptors (Lipinski definition) is 2. The smallest absolute Gasteiger partial charge is 0.144 e. The minimum atomic E-state index is 0.916. The second kappa shape index (κ2) is 4.74. The normalized spacial score (nSPS) is 11.3. The minimum Gasteiger partial charge on any atom is -0.455 e. The molecule has 0 aliphatic rings. The maximum Gasteiger partial charge on any atom is 0.144 e. The van der Waals surface area contributed by atoms with Crippen LogP contribution >= 0.6 is 0 Å². The highest BCUT2D eigenvalue weighted by Gasteiger charge is 2.12. The van der Waals surface area contributed by atoms with Gasteiger partial charge >= 0.3 is 0 Å². The molecule has 0 aliphatic carbocycles. The first kappa shape index (κ1) is 12.2. The van der Waals surface area contributed by atoms with E-state index >= 15 is 0 Å². The van der Waals surface area contributed by atoms with Crippen molar-refractivity contribution in [2.24, 2.45) is 0 Å². The molecule has 2 nitrogen and oxygen atoms in total. The van der Waals surface area contributed by atoms with Crippen molar-refractivity contribution in [2.75, 3.05) is 0 Å². The molecule has 0 spiro atoms. The molecule has 0 radical (unpaired) electrons. The van der Waals surface area contributed by atoms with E-state index in [9.17, 15) is 0 Å². The zero-order chi connectivity index (χ0) is 14.2. The minimum absolute atomic E-state index is 0.916. The summed E-state index contributed by atoms with van der Waals surface area (Å²) in [4.78, 5) is 4.52. The highest BCUT2D eigenvalue weighted by atomic mass is 16.3. The Morgan fingerprint density at radius 2 is 1.81 bits per heavy atom. The molecule has 0 aliphatic heterocycles. The Kier molecular flexibility index (Phi) is 2.74. The van der Waals surface area contributed by atoms with Crippen molar-refractivity contribution >= 4 is 21.9 Å². The lowest BCUT2D eigenvalue weighted by Gasteiger charge is -2.03. The largest absolute Gasteiger partial charge is 0.455 e. The van der Waals surface area contributed by atoms with Crippen molar-refractivity contribution < 1.29 is 4.42 Å². The predicted octanol–water partition coefficient (Wildman–Crippen LogP) is 5.21. The molecule has 2 aromatic heterocycles. The number of rotatable bonds is 2. The lowest BCUT2D eigenvalue weighted by Crippen LogP contribution is -1.87. The second-order valence-corrected chi connectivity index (χ2v) is 5.18. The standard InChI is InChI=1S/C19H15NO/c1-2-13-10-11-20-17(12-13)16-8-5-7-15-14-6-3-4-9-18(14)21-19(15)16/h3-12H,2H2,1H3. The van der Waals surface area contributed by atoms with Gasteiger partial charge in [-0.25, -0.2) is 0 Å². The molecular weight excluding hydrogens is 258 g/mol. The number of aryl methyl sites for hydroxylation is 1. The highest BCUT2D eigenvalue weighted by molar-refractivity contribution is 6.09. The molecule has 0 N–H and O–H groups in total. The molecule has 4 rings (SSSR count). The van der Waals surface area contributed by atoms with Gasteiger partial charge in [-0.2, -0.15) is 0 Å². The monoisotopic (exact) mass is 273 g/mol. The zero-order valence-electron chi connectivity index (χ0n) is 11.8. The molecule has 21 heavy (non-hydrogen) atoms. The van der Waals surface area contributed by atoms with E-state index in [0.717, 1.165) is 39.6 Å². The Morgan fingerprint density at radius 3 is 2.71 bits per heavy atom. The summed E-state index contributed by atoms with van der Waals surface area (Å²) in [5.74, 6) is 0. The molecule has 4 aromatic rings. The average Bonchev–Trinajstić information content (AvgIpc) is 2.93. The summed E-state index contributed by atoms with van der Waals surface area (Å²) in [6.07, 6.45) is 2.88. The molecule has 2 heterocycles. The molecule has 102 valence electrons. The quantitative estimate of drug-likeness (QED) is 0.501. The Balaban J connectivity index is 2.04. The van der Waals surface area contributed by atoms with E-state index in [2.05, 4.69) is 48.3 Å². The van der Waals surface area contributed by atoms with Crippen molar-refractivity contribution in [1.29, 1.82) is 0 Å². The van der Waals surface area contributed by atoms with Crippen molar-refractivity contribution in [2.45, 2.75) is 13.3 Å². The fraction of sp³-hybridized carbons (Fsp3) is 0.105. The maximum absolute atomic E-state index is 6.07. The Bertz CT molecular complexity index is 937. The number of benzene rings is 2. The zero-order valence-corrected chi connectivity index (χ0v) is 11.8. The third-order valence-corrected chi connectivity index (χ3v) is 3.91. The molecule has 0 atom stereocenters. The van der Waals surface area contributed by atoms with Crippen molar-refractivity contribution in [3.8, 4) is 11.3 Å². The van der Waals surface area contributed by atoms with E-state index in [1.165, 1.54) is 5.56 Å². The van der Waals surface area contributed by atoms with E-state index in [-0.39, 0.29) is 0 Å². The van der Waals surface area contributed by atoms with Crippen LogP contribution in [0.3, 0.4) is 0 Å². The van der Waals surface area contributed by atoms with Crippen LogP contribution in [0.15, 0.2) is 65.2 Å². The van der Waals surface area contributed by atoms with Gasteiger partial charge in [0.15, 0.2) is 0 Å². The van der Waals surface area contributed by atoms with E-state index < -0.39 is 0 Å². The van der Waals surface area contributed by atoms with Gasteiger partial charge in [0.2, 0.25) is 0 Å². The van der Waals surface area contributed by atoms with Gasteiger partial charge in [0, 0.05) is 22.5 Å². The van der Waals surface area contributed by atoms with Crippen molar-refractivity contribution in [3.05, 3.63) is 66.4 Å². The Labute approximate surface area is 123 Å². The molecule has 0 unspecified atom stereocenters. The highest BCUT2D eigenvalue weighted by Crippen LogP contribution is 2.34. The van der Waals surface area contributed by atoms with Crippen LogP contribution in [0.5, 0.6) is 0 Å². The van der Waals surface area contributed by atoms with Gasteiger partial charge in [0.25, 0.3) is 0 Å². The molecule has 0 saturated heterocycles. The van der Waals surface area contributed by atoms with Gasteiger partial charge in [-0.15, -0.1) is 0 Å². The first-order valence-corrected chi connectivity index (χ1v) is 7.22. The SMILES string of the molecule is CCc1ccnc(-c2cccc3c2oc2ccccc23)c1. The van der Waals surface area contributed by atoms with Crippen LogP contribution in [-0.4, -0.2) is 4.98 Å². The number of furan rings is 1. The topological polar surface area (TPSA) is 26.0 Å². The van der Waals surface area contributed by atoms with Crippen LogP contribution in [0.1, 0.15) is 12.5 Å². The average molecular weight is 273 g/mol. The van der Waals surface area contributed by atoms with Crippen molar-refractivity contribution in [3.63, 3.8) is 0 Å². The Morgan fingerprint density at radius 1 is 0.952 bits per heavy atom. The van der Waals surface area contributed by atoms with Crippen LogP contribution in [-0.2, 0) is 6.42 Å². The van der Waals surface area contributed by atoms with Gasteiger partial charge in [0.05, 0.1) is 5.69 Å². The molecule has 2 aromatic carbocycles. The summed E-state index contributed by atoms with van der Waals surface area (Å²) >= 11 is 0. The fourth-order valence-corrected chi connectivity index (χ4v) is 2.79. The molecule has 0 bridgehead atoms. The van der Waals surface area contributed by atoms with Gasteiger partial charge in [-0.3, -0.25) is 4.98 Å².